The molecule has 164 valence electrons. The van der Waals surface area contributed by atoms with Crippen molar-refractivity contribution >= 4 is 23.8 Å². The van der Waals surface area contributed by atoms with Gasteiger partial charge in [0.2, 0.25) is 0 Å². The number of hydrogen-bond donors (Lipinski definition) is 2. The maximum atomic E-state index is 12.4. The van der Waals surface area contributed by atoms with Gasteiger partial charge in [-0.3, -0.25) is 0 Å². The Morgan fingerprint density at radius 3 is 2.41 bits per heavy atom. The standard InChI is InChI=1S/C24H23N3O4S/c1-3-30-22(28)19-15(2)25-23(29)26-18(19)14-32-24-27-20(16-10-6-4-7-11-16)21(31-24)17-12-8-5-9-13-17/h4-13,15H,3,14H2,1-2H3,(H2,25,26,29)/t15-/m1/s1. The molecule has 0 saturated carbocycles. The van der Waals surface area contributed by atoms with E-state index in [0.717, 1.165) is 16.8 Å². The highest BCUT2D eigenvalue weighted by molar-refractivity contribution is 7.99. The average Bonchev–Trinajstić information content (AvgIpc) is 3.23. The molecule has 0 fully saturated rings. The van der Waals surface area contributed by atoms with Crippen LogP contribution in [0.3, 0.4) is 0 Å². The van der Waals surface area contributed by atoms with Gasteiger partial charge in [0.05, 0.1) is 18.2 Å². The van der Waals surface area contributed by atoms with Crippen LogP contribution in [-0.2, 0) is 9.53 Å². The molecule has 8 heteroatoms. The maximum Gasteiger partial charge on any atom is 0.337 e. The molecule has 3 aromatic rings. The van der Waals surface area contributed by atoms with Crippen LogP contribution >= 0.6 is 11.8 Å². The van der Waals surface area contributed by atoms with Crippen LogP contribution < -0.4 is 10.6 Å². The Bertz CT molecular complexity index is 1090. The number of aromatic nitrogens is 1. The predicted octanol–water partition coefficient (Wildman–Crippen LogP) is 4.62. The summed E-state index contributed by atoms with van der Waals surface area (Å²) < 4.78 is 11.3. The number of nitrogens with zero attached hydrogens (tertiary/aromatic N) is 1. The zero-order chi connectivity index (χ0) is 22.5. The van der Waals surface area contributed by atoms with Gasteiger partial charge in [0.1, 0.15) is 5.69 Å². The lowest BCUT2D eigenvalue weighted by atomic mass is 10.1. The van der Waals surface area contributed by atoms with Crippen molar-refractivity contribution < 1.29 is 18.7 Å². The van der Waals surface area contributed by atoms with Gasteiger partial charge < -0.3 is 19.8 Å². The van der Waals surface area contributed by atoms with Crippen molar-refractivity contribution in [1.82, 2.24) is 15.6 Å². The minimum absolute atomic E-state index is 0.254. The third-order valence-electron chi connectivity index (χ3n) is 4.90. The van der Waals surface area contributed by atoms with E-state index in [-0.39, 0.29) is 12.6 Å². The highest BCUT2D eigenvalue weighted by Crippen LogP contribution is 2.36. The second-order valence-electron chi connectivity index (χ2n) is 7.11. The number of rotatable bonds is 7. The Morgan fingerprint density at radius 1 is 1.09 bits per heavy atom. The average molecular weight is 450 g/mol. The van der Waals surface area contributed by atoms with Gasteiger partial charge in [-0.25, -0.2) is 14.6 Å². The summed E-state index contributed by atoms with van der Waals surface area (Å²) in [6.45, 7) is 3.75. The molecule has 1 aromatic heterocycles. The molecule has 7 nitrogen and oxygen atoms in total. The lowest BCUT2D eigenvalue weighted by molar-refractivity contribution is -0.138. The molecule has 1 aliphatic rings. The van der Waals surface area contributed by atoms with Crippen LogP contribution in [0.25, 0.3) is 22.6 Å². The molecule has 4 rings (SSSR count). The second-order valence-corrected chi connectivity index (χ2v) is 8.04. The predicted molar refractivity (Wildman–Crippen MR) is 123 cm³/mol. The molecule has 0 bridgehead atoms. The van der Waals surface area contributed by atoms with E-state index in [1.807, 2.05) is 60.7 Å². The number of carbonyl (C=O) groups excluding carboxylic acids is 2. The van der Waals surface area contributed by atoms with E-state index in [1.165, 1.54) is 11.8 Å². The number of thioether (sulfide) groups is 1. The van der Waals surface area contributed by atoms with Crippen LogP contribution in [0.2, 0.25) is 0 Å². The lowest BCUT2D eigenvalue weighted by Crippen LogP contribution is -2.49. The van der Waals surface area contributed by atoms with Crippen LogP contribution in [0.4, 0.5) is 4.79 Å². The molecule has 0 saturated heterocycles. The molecule has 32 heavy (non-hydrogen) atoms. The van der Waals surface area contributed by atoms with Gasteiger partial charge in [-0.1, -0.05) is 72.4 Å². The van der Waals surface area contributed by atoms with E-state index < -0.39 is 12.0 Å². The monoisotopic (exact) mass is 449 g/mol. The van der Waals surface area contributed by atoms with Gasteiger partial charge in [0.25, 0.3) is 5.22 Å². The molecule has 0 spiro atoms. The Balaban J connectivity index is 1.66. The van der Waals surface area contributed by atoms with Crippen molar-refractivity contribution in [2.75, 3.05) is 12.4 Å². The number of benzene rings is 2. The number of ether oxygens (including phenoxy) is 1. The van der Waals surface area contributed by atoms with Gasteiger partial charge >= 0.3 is 12.0 Å². The summed E-state index contributed by atoms with van der Waals surface area (Å²) in [6.07, 6.45) is 0. The Hall–Kier alpha value is -3.52. The summed E-state index contributed by atoms with van der Waals surface area (Å²) in [6, 6.07) is 18.8. The molecule has 0 radical (unpaired) electrons. The first-order chi connectivity index (χ1) is 15.6. The minimum atomic E-state index is -0.456. The molecular formula is C24H23N3O4S. The highest BCUT2D eigenvalue weighted by atomic mass is 32.2. The van der Waals surface area contributed by atoms with Crippen LogP contribution in [0, 0.1) is 0 Å². The number of hydrogen-bond acceptors (Lipinski definition) is 6. The number of esters is 1. The lowest BCUT2D eigenvalue weighted by Gasteiger charge is -2.26. The zero-order valence-corrected chi connectivity index (χ0v) is 18.6. The van der Waals surface area contributed by atoms with Crippen molar-refractivity contribution in [2.45, 2.75) is 25.1 Å². The molecule has 1 aliphatic heterocycles. The van der Waals surface area contributed by atoms with Gasteiger partial charge in [0.15, 0.2) is 5.76 Å². The van der Waals surface area contributed by atoms with Crippen LogP contribution in [0.5, 0.6) is 0 Å². The van der Waals surface area contributed by atoms with Gasteiger partial charge in [-0.2, -0.15) is 0 Å². The Labute approximate surface area is 190 Å². The molecule has 2 heterocycles. The Morgan fingerprint density at radius 2 is 1.75 bits per heavy atom. The number of amides is 2. The van der Waals surface area contributed by atoms with E-state index in [4.69, 9.17) is 14.1 Å². The molecule has 0 unspecified atom stereocenters. The van der Waals surface area contributed by atoms with E-state index in [9.17, 15) is 9.59 Å². The largest absolute Gasteiger partial charge is 0.463 e. The number of nitrogens with one attached hydrogen (secondary N) is 2. The SMILES string of the molecule is CCOC(=O)C1=C(CSc2nc(-c3ccccc3)c(-c3ccccc3)o2)NC(=O)N[C@@H]1C. The quantitative estimate of drug-likeness (QED) is 0.404. The van der Waals surface area contributed by atoms with Crippen molar-refractivity contribution in [1.29, 1.82) is 0 Å². The first-order valence-electron chi connectivity index (χ1n) is 10.3. The zero-order valence-electron chi connectivity index (χ0n) is 17.8. The Kier molecular flexibility index (Phi) is 6.61. The van der Waals surface area contributed by atoms with E-state index in [2.05, 4.69) is 10.6 Å². The van der Waals surface area contributed by atoms with Crippen LogP contribution in [-0.4, -0.2) is 35.4 Å². The fourth-order valence-corrected chi connectivity index (χ4v) is 4.26. The smallest absolute Gasteiger partial charge is 0.337 e. The fourth-order valence-electron chi connectivity index (χ4n) is 3.47. The number of oxazole rings is 1. The molecule has 0 aliphatic carbocycles. The topological polar surface area (TPSA) is 93.5 Å². The summed E-state index contributed by atoms with van der Waals surface area (Å²) in [5.74, 6) is 0.515. The molecule has 2 amide bonds. The van der Waals surface area contributed by atoms with Gasteiger partial charge in [-0.05, 0) is 13.8 Å². The normalized spacial score (nSPS) is 15.8. The summed E-state index contributed by atoms with van der Waals surface area (Å²) in [5.41, 5.74) is 3.49. The summed E-state index contributed by atoms with van der Waals surface area (Å²) in [4.78, 5) is 29.2. The van der Waals surface area contributed by atoms with E-state index in [1.54, 1.807) is 13.8 Å². The van der Waals surface area contributed by atoms with Crippen molar-refractivity contribution in [3.05, 3.63) is 71.9 Å². The summed E-state index contributed by atoms with van der Waals surface area (Å²) >= 11 is 1.31. The number of carbonyl (C=O) groups is 2. The second kappa shape index (κ2) is 9.74. The molecule has 2 N–H and O–H groups in total. The molecule has 1 atom stereocenters. The molecule has 2 aromatic carbocycles. The van der Waals surface area contributed by atoms with Crippen molar-refractivity contribution in [2.24, 2.45) is 0 Å². The van der Waals surface area contributed by atoms with E-state index >= 15 is 0 Å². The minimum Gasteiger partial charge on any atom is -0.463 e. The van der Waals surface area contributed by atoms with Gasteiger partial charge in [0, 0.05) is 22.6 Å². The van der Waals surface area contributed by atoms with Gasteiger partial charge in [-0.15, -0.1) is 0 Å². The van der Waals surface area contributed by atoms with Crippen molar-refractivity contribution in [3.63, 3.8) is 0 Å². The third-order valence-corrected chi connectivity index (χ3v) is 5.75. The van der Waals surface area contributed by atoms with Crippen molar-refractivity contribution in [3.8, 4) is 22.6 Å². The third kappa shape index (κ3) is 4.70. The molecular weight excluding hydrogens is 426 g/mol. The van der Waals surface area contributed by atoms with Crippen LogP contribution in [0.15, 0.2) is 81.6 Å². The maximum absolute atomic E-state index is 12.4. The number of urea groups is 1. The summed E-state index contributed by atoms with van der Waals surface area (Å²) in [5, 5.41) is 5.87. The fraction of sp³-hybridized carbons (Fsp3) is 0.208. The highest BCUT2D eigenvalue weighted by Gasteiger charge is 2.30. The first kappa shape index (κ1) is 21.7. The summed E-state index contributed by atoms with van der Waals surface area (Å²) in [7, 11) is 0. The van der Waals surface area contributed by atoms with Crippen LogP contribution in [0.1, 0.15) is 13.8 Å². The van der Waals surface area contributed by atoms with E-state index in [0.29, 0.717) is 28.0 Å². The first-order valence-corrected chi connectivity index (χ1v) is 11.3.